The van der Waals surface area contributed by atoms with Crippen LogP contribution in [0.25, 0.3) is 0 Å². The van der Waals surface area contributed by atoms with Crippen LogP contribution in [0, 0.1) is 0 Å². The summed E-state index contributed by atoms with van der Waals surface area (Å²) in [6.07, 6.45) is 10.3. The van der Waals surface area contributed by atoms with Crippen molar-refractivity contribution in [1.82, 2.24) is 0 Å². The lowest BCUT2D eigenvalue weighted by Gasteiger charge is -2.50. The van der Waals surface area contributed by atoms with Crippen LogP contribution in [0.2, 0.25) is 0 Å². The maximum absolute atomic E-state index is 14.1. The number of rotatable bonds is 27. The molecule has 0 heterocycles. The molecule has 12 nitrogen and oxygen atoms in total. The number of esters is 1. The quantitative estimate of drug-likeness (QED) is 0.0429. The smallest absolute Gasteiger partial charge is 0.367 e. The molecule has 0 fully saturated rings. The summed E-state index contributed by atoms with van der Waals surface area (Å²) in [6, 6.07) is 0. The van der Waals surface area contributed by atoms with Gasteiger partial charge < -0.3 is 28.8 Å². The zero-order chi connectivity index (χ0) is 31.4. The molecule has 0 amide bonds. The summed E-state index contributed by atoms with van der Waals surface area (Å²) in [5, 5.41) is 10.5. The highest BCUT2D eigenvalue weighted by Gasteiger charge is 2.83. The van der Waals surface area contributed by atoms with Gasteiger partial charge in [-0.05, 0) is 48.0 Å². The van der Waals surface area contributed by atoms with Gasteiger partial charge >= 0.3 is 32.6 Å². The van der Waals surface area contributed by atoms with Crippen LogP contribution in [0.4, 0.5) is 0 Å². The standard InChI is InChI=1S/C28H54O12S/c1-8-14-15-16-17-18-19-20-21-22-23-34-25(31)27(41(32,33)40-39-13-6,26(7,35-9-2)36-10-3)28(24(29)30,37-11-4)38-12-5/h8-23H2,1-7H3,(H,29,30). The lowest BCUT2D eigenvalue weighted by molar-refractivity contribution is -0.327. The molecule has 41 heavy (non-hydrogen) atoms. The summed E-state index contributed by atoms with van der Waals surface area (Å²) in [6.45, 7) is 9.12. The SMILES string of the molecule is CCCCCCCCCCCCOC(=O)C(C(C)(OCC)OCC)(C(OCC)(OCC)C(=O)O)S(=O)(=O)OOCC. The van der Waals surface area contributed by atoms with Crippen molar-refractivity contribution in [2.24, 2.45) is 0 Å². The van der Waals surface area contributed by atoms with Crippen LogP contribution in [-0.2, 0) is 52.6 Å². The molecule has 13 heteroatoms. The Balaban J connectivity index is 6.48. The van der Waals surface area contributed by atoms with Crippen molar-refractivity contribution < 1.29 is 56.0 Å². The van der Waals surface area contributed by atoms with Crippen molar-refractivity contribution in [3.05, 3.63) is 0 Å². The van der Waals surface area contributed by atoms with Gasteiger partial charge in [0.2, 0.25) is 5.79 Å². The number of carbonyl (C=O) groups is 2. The molecule has 1 unspecified atom stereocenters. The maximum Gasteiger partial charge on any atom is 0.367 e. The van der Waals surface area contributed by atoms with Gasteiger partial charge in [-0.2, -0.15) is 8.42 Å². The fourth-order valence-electron chi connectivity index (χ4n) is 4.85. The Morgan fingerprint density at radius 3 is 1.49 bits per heavy atom. The predicted molar refractivity (Wildman–Crippen MR) is 152 cm³/mol. The summed E-state index contributed by atoms with van der Waals surface area (Å²) >= 11 is 0. The van der Waals surface area contributed by atoms with Gasteiger partial charge in [0.1, 0.15) is 0 Å². The van der Waals surface area contributed by atoms with E-state index < -0.39 is 38.4 Å². The number of unbranched alkanes of at least 4 members (excludes halogenated alkanes) is 9. The van der Waals surface area contributed by atoms with E-state index in [0.29, 0.717) is 6.42 Å². The Morgan fingerprint density at radius 2 is 1.10 bits per heavy atom. The second-order valence-corrected chi connectivity index (χ2v) is 11.2. The van der Waals surface area contributed by atoms with E-state index in [2.05, 4.69) is 6.92 Å². The highest BCUT2D eigenvalue weighted by molar-refractivity contribution is 7.89. The van der Waals surface area contributed by atoms with Crippen LogP contribution in [0.15, 0.2) is 0 Å². The minimum absolute atomic E-state index is 0.178. The number of carboxylic acid groups (broad SMARTS) is 1. The number of hydrogen-bond donors (Lipinski definition) is 1. The summed E-state index contributed by atoms with van der Waals surface area (Å²) in [4.78, 5) is 31.8. The first kappa shape index (κ1) is 39.6. The minimum atomic E-state index is -5.44. The lowest BCUT2D eigenvalue weighted by Crippen LogP contribution is -2.80. The van der Waals surface area contributed by atoms with Gasteiger partial charge in [-0.25, -0.2) is 14.5 Å². The van der Waals surface area contributed by atoms with E-state index in [0.717, 1.165) is 32.6 Å². The van der Waals surface area contributed by atoms with Gasteiger partial charge in [-0.1, -0.05) is 64.7 Å². The minimum Gasteiger partial charge on any atom is -0.477 e. The van der Waals surface area contributed by atoms with Crippen LogP contribution >= 0.6 is 0 Å². The molecule has 244 valence electrons. The van der Waals surface area contributed by atoms with Crippen molar-refractivity contribution in [2.45, 2.75) is 129 Å². The molecule has 0 aromatic rings. The molecule has 0 aromatic carbocycles. The molecule has 0 aliphatic heterocycles. The number of hydrogen-bond acceptors (Lipinski definition) is 11. The number of carboxylic acids is 1. The van der Waals surface area contributed by atoms with Crippen LogP contribution in [-0.4, -0.2) is 81.4 Å². The fourth-order valence-corrected chi connectivity index (χ4v) is 6.55. The zero-order valence-corrected chi connectivity index (χ0v) is 27.0. The zero-order valence-electron chi connectivity index (χ0n) is 26.2. The normalized spacial score (nSPS) is 14.1. The summed E-state index contributed by atoms with van der Waals surface area (Å²) in [5.74, 6) is -9.18. The van der Waals surface area contributed by atoms with E-state index in [1.807, 2.05) is 0 Å². The number of carbonyl (C=O) groups excluding carboxylic acids is 1. The van der Waals surface area contributed by atoms with Crippen molar-refractivity contribution in [2.75, 3.05) is 39.6 Å². The Labute approximate surface area is 246 Å². The van der Waals surface area contributed by atoms with Gasteiger partial charge in [-0.15, -0.1) is 4.33 Å². The third kappa shape index (κ3) is 10.1. The number of ether oxygens (including phenoxy) is 5. The van der Waals surface area contributed by atoms with Crippen molar-refractivity contribution in [1.29, 1.82) is 0 Å². The second kappa shape index (κ2) is 20.5. The van der Waals surface area contributed by atoms with Crippen molar-refractivity contribution in [3.63, 3.8) is 0 Å². The molecule has 1 N–H and O–H groups in total. The molecule has 0 aliphatic rings. The van der Waals surface area contributed by atoms with Gasteiger partial charge in [-0.3, -0.25) is 0 Å². The highest BCUT2D eigenvalue weighted by atomic mass is 32.2. The van der Waals surface area contributed by atoms with Crippen LogP contribution in [0.3, 0.4) is 0 Å². The van der Waals surface area contributed by atoms with Crippen LogP contribution in [0.1, 0.15) is 113 Å². The average molecular weight is 615 g/mol. The predicted octanol–water partition coefficient (Wildman–Crippen LogP) is 5.13. The fraction of sp³-hybridized carbons (Fsp3) is 0.929. The molecule has 0 bridgehead atoms. The van der Waals surface area contributed by atoms with Gasteiger partial charge in [0.15, 0.2) is 0 Å². The Hall–Kier alpha value is -1.35. The maximum atomic E-state index is 14.1. The molecule has 0 radical (unpaired) electrons. The Kier molecular flexibility index (Phi) is 19.9. The highest BCUT2D eigenvalue weighted by Crippen LogP contribution is 2.48. The molecule has 0 saturated carbocycles. The molecule has 0 aromatic heterocycles. The number of aliphatic carboxylic acids is 1. The van der Waals surface area contributed by atoms with E-state index in [1.54, 1.807) is 0 Å². The summed E-state index contributed by atoms with van der Waals surface area (Å²) < 4.78 is 57.4. The monoisotopic (exact) mass is 614 g/mol. The van der Waals surface area contributed by atoms with Gasteiger partial charge in [0.05, 0.1) is 13.2 Å². The van der Waals surface area contributed by atoms with E-state index in [9.17, 15) is 23.1 Å². The molecule has 0 saturated heterocycles. The summed E-state index contributed by atoms with van der Waals surface area (Å²) in [5.41, 5.74) is 0. The van der Waals surface area contributed by atoms with E-state index in [4.69, 9.17) is 32.9 Å². The van der Waals surface area contributed by atoms with Gasteiger partial charge in [0, 0.05) is 26.4 Å². The first-order valence-corrected chi connectivity index (χ1v) is 16.4. The lowest BCUT2D eigenvalue weighted by atomic mass is 9.87. The third-order valence-electron chi connectivity index (χ3n) is 6.57. The first-order chi connectivity index (χ1) is 19.5. The largest absolute Gasteiger partial charge is 0.477 e. The first-order valence-electron chi connectivity index (χ1n) is 15.0. The van der Waals surface area contributed by atoms with Crippen LogP contribution < -0.4 is 0 Å². The molecular formula is C28H54O12S. The van der Waals surface area contributed by atoms with E-state index in [-0.39, 0.29) is 39.6 Å². The summed E-state index contributed by atoms with van der Waals surface area (Å²) in [7, 11) is -5.44. The molecular weight excluding hydrogens is 560 g/mol. The average Bonchev–Trinajstić information content (AvgIpc) is 2.91. The Morgan fingerprint density at radius 1 is 0.659 bits per heavy atom. The topological polar surface area (TPSA) is 153 Å². The second-order valence-electron chi connectivity index (χ2n) is 9.53. The van der Waals surface area contributed by atoms with Crippen LogP contribution in [0.5, 0.6) is 0 Å². The van der Waals surface area contributed by atoms with Crippen molar-refractivity contribution in [3.8, 4) is 0 Å². The Bertz CT molecular complexity index is 820. The molecule has 0 rings (SSSR count). The molecule has 0 spiro atoms. The van der Waals surface area contributed by atoms with E-state index in [1.165, 1.54) is 66.7 Å². The third-order valence-corrected chi connectivity index (χ3v) is 8.40. The van der Waals surface area contributed by atoms with Gasteiger partial charge in [0.25, 0.3) is 0 Å². The van der Waals surface area contributed by atoms with E-state index >= 15 is 0 Å². The molecule has 1 atom stereocenters. The van der Waals surface area contributed by atoms with Crippen molar-refractivity contribution >= 4 is 22.1 Å². The molecule has 0 aliphatic carbocycles.